The van der Waals surface area contributed by atoms with E-state index in [2.05, 4.69) is 139 Å². The van der Waals surface area contributed by atoms with Gasteiger partial charge in [0.1, 0.15) is 17.2 Å². The molecule has 7 heteroatoms. The predicted molar refractivity (Wildman–Crippen MR) is 188 cm³/mol. The van der Waals surface area contributed by atoms with E-state index < -0.39 is 0 Å². The molecule has 0 bridgehead atoms. The molecule has 0 saturated heterocycles. The molecule has 1 N–H and O–H groups in total. The number of hydrogen-bond acceptors (Lipinski definition) is 4. The molecule has 236 valence electrons. The summed E-state index contributed by atoms with van der Waals surface area (Å²) in [6.45, 7) is 6.70. The van der Waals surface area contributed by atoms with E-state index in [0.29, 0.717) is 0 Å². The molecule has 6 nitrogen and oxygen atoms in total. The quantitative estimate of drug-likeness (QED) is 0.129. The Morgan fingerprint density at radius 2 is 1.43 bits per heavy atom. The van der Waals surface area contributed by atoms with Gasteiger partial charge in [-0.05, 0) is 58.8 Å². The Morgan fingerprint density at radius 1 is 0.702 bits per heavy atom. The van der Waals surface area contributed by atoms with E-state index in [1.807, 2.05) is 47.6 Å². The summed E-state index contributed by atoms with van der Waals surface area (Å²) in [4.78, 5) is 11.9. The zero-order valence-electron chi connectivity index (χ0n) is 26.6. The molecule has 47 heavy (non-hydrogen) atoms. The average Bonchev–Trinajstić information content (AvgIpc) is 3.60. The summed E-state index contributed by atoms with van der Waals surface area (Å²) in [5.74, 6) is 0.880. The summed E-state index contributed by atoms with van der Waals surface area (Å²) < 4.78 is 2.24. The van der Waals surface area contributed by atoms with Gasteiger partial charge in [-0.25, -0.2) is 4.98 Å². The number of anilines is 6. The van der Waals surface area contributed by atoms with Crippen molar-refractivity contribution in [3.05, 3.63) is 145 Å². The fourth-order valence-electron chi connectivity index (χ4n) is 6.27. The van der Waals surface area contributed by atoms with Crippen LogP contribution in [-0.4, -0.2) is 21.5 Å². The van der Waals surface area contributed by atoms with Crippen LogP contribution in [0.25, 0.3) is 27.6 Å². The molecule has 5 aromatic carbocycles. The van der Waals surface area contributed by atoms with Gasteiger partial charge in [-0.15, -0.1) is 45.8 Å². The third kappa shape index (κ3) is 5.38. The molecule has 3 heterocycles. The minimum absolute atomic E-state index is 0. The maximum atomic E-state index is 4.87. The third-order valence-electron chi connectivity index (χ3n) is 8.58. The van der Waals surface area contributed by atoms with Crippen molar-refractivity contribution in [3.8, 4) is 5.82 Å². The number of hydrogen-bond donors (Lipinski definition) is 0. The fourth-order valence-corrected chi connectivity index (χ4v) is 6.27. The van der Waals surface area contributed by atoms with Crippen molar-refractivity contribution in [2.45, 2.75) is 26.2 Å². The smallest absolute Gasteiger partial charge is 0.145 e. The SMILES string of the molecule is CN1[OH+]N(c2[c-]c(N(c3[c-]c4c(cc3)c3ccccc3n4-c3cc(C(C)(C)C)ccn3)c3ccccc3)ccc2)c2ccccc21.[Pt]. The molecule has 1 aliphatic heterocycles. The number of fused-ring (bicyclic) bond motifs is 4. The maximum absolute atomic E-state index is 4.87. The van der Waals surface area contributed by atoms with Crippen molar-refractivity contribution in [3.63, 3.8) is 0 Å². The van der Waals surface area contributed by atoms with Crippen molar-refractivity contribution >= 4 is 55.9 Å². The maximum Gasteiger partial charge on any atom is 0.145 e. The normalized spacial score (nSPS) is 12.8. The van der Waals surface area contributed by atoms with Crippen LogP contribution in [0.5, 0.6) is 0 Å². The molecule has 0 unspecified atom stereocenters. The first kappa shape index (κ1) is 30.7. The zero-order valence-corrected chi connectivity index (χ0v) is 28.9. The van der Waals surface area contributed by atoms with Crippen LogP contribution in [0.1, 0.15) is 26.3 Å². The van der Waals surface area contributed by atoms with E-state index in [0.717, 1.165) is 56.4 Å². The van der Waals surface area contributed by atoms with Gasteiger partial charge in [0.15, 0.2) is 0 Å². The Kier molecular flexibility index (Phi) is 7.87. The number of para-hydroxylation sites is 4. The number of rotatable bonds is 5. The van der Waals surface area contributed by atoms with Crippen LogP contribution < -0.4 is 15.0 Å². The van der Waals surface area contributed by atoms with Crippen LogP contribution in [-0.2, 0) is 26.5 Å². The predicted octanol–water partition coefficient (Wildman–Crippen LogP) is 9.97. The molecule has 7 aromatic rings. The Morgan fingerprint density at radius 3 is 2.23 bits per heavy atom. The molecule has 2 aromatic heterocycles. The van der Waals surface area contributed by atoms with E-state index in [-0.39, 0.29) is 26.5 Å². The van der Waals surface area contributed by atoms with Gasteiger partial charge in [-0.1, -0.05) is 86.2 Å². The average molecular weight is 796 g/mol. The molecule has 0 saturated carbocycles. The van der Waals surface area contributed by atoms with Gasteiger partial charge in [0.2, 0.25) is 0 Å². The van der Waals surface area contributed by atoms with Gasteiger partial charge in [0, 0.05) is 44.2 Å². The summed E-state index contributed by atoms with van der Waals surface area (Å²) in [6.07, 6.45) is 1.91. The van der Waals surface area contributed by atoms with Crippen molar-refractivity contribution in [1.82, 2.24) is 9.55 Å². The van der Waals surface area contributed by atoms with Crippen molar-refractivity contribution < 1.29 is 26.0 Å². The van der Waals surface area contributed by atoms with Gasteiger partial charge in [0.25, 0.3) is 0 Å². The van der Waals surface area contributed by atoms with Crippen LogP contribution in [0.15, 0.2) is 128 Å². The second kappa shape index (κ2) is 12.0. The van der Waals surface area contributed by atoms with Gasteiger partial charge >= 0.3 is 0 Å². The number of aromatic nitrogens is 2. The first-order valence-electron chi connectivity index (χ1n) is 15.5. The van der Waals surface area contributed by atoms with Crippen LogP contribution in [0.3, 0.4) is 0 Å². The molecule has 8 rings (SSSR count). The second-order valence-electron chi connectivity index (χ2n) is 12.6. The van der Waals surface area contributed by atoms with Gasteiger partial charge < -0.3 is 9.47 Å². The largest absolute Gasteiger partial charge is 0.358 e. The number of nitrogens with zero attached hydrogens (tertiary/aromatic N) is 5. The van der Waals surface area contributed by atoms with Crippen LogP contribution >= 0.6 is 0 Å². The van der Waals surface area contributed by atoms with E-state index in [1.54, 1.807) is 0 Å². The van der Waals surface area contributed by atoms with E-state index in [4.69, 9.17) is 9.92 Å². The summed E-state index contributed by atoms with van der Waals surface area (Å²) in [5.41, 5.74) is 9.03. The van der Waals surface area contributed by atoms with Gasteiger partial charge in [0.05, 0.1) is 7.05 Å². The number of benzene rings is 5. The van der Waals surface area contributed by atoms with Crippen LogP contribution in [0, 0.1) is 12.1 Å². The monoisotopic (exact) mass is 795 g/mol. The zero-order chi connectivity index (χ0) is 31.4. The van der Waals surface area contributed by atoms with Gasteiger partial charge in [-0.2, -0.15) is 17.1 Å². The Balaban J connectivity index is 0.00000351. The standard InChI is InChI=1S/C40H33N5O.Pt/c1-40(2,3)28-23-24-41-39(25-28)44-35-18-9-8-17-33(35)34-22-21-31(27-38(34)44)43(29-13-6-5-7-14-29)30-15-12-16-32(26-30)45-37-20-11-10-19-36(37)42(4)46-45;/h5-25H,1-4H3;/q-2;/p+1. The third-order valence-corrected chi connectivity index (χ3v) is 8.58. The molecule has 0 spiro atoms. The van der Waals surface area contributed by atoms with E-state index in [9.17, 15) is 0 Å². The summed E-state index contributed by atoms with van der Waals surface area (Å²) >= 11 is 0. The molecule has 0 aliphatic carbocycles. The first-order chi connectivity index (χ1) is 22.4. The van der Waals surface area contributed by atoms with Crippen LogP contribution in [0.4, 0.5) is 34.1 Å². The van der Waals surface area contributed by atoms with Gasteiger partial charge in [-0.3, -0.25) is 0 Å². The van der Waals surface area contributed by atoms with Crippen molar-refractivity contribution in [1.29, 1.82) is 0 Å². The first-order valence-corrected chi connectivity index (χ1v) is 15.5. The number of pyridine rings is 1. The Labute approximate surface area is 289 Å². The van der Waals surface area contributed by atoms with E-state index in [1.165, 1.54) is 10.9 Å². The second-order valence-corrected chi connectivity index (χ2v) is 12.6. The molecule has 0 amide bonds. The van der Waals surface area contributed by atoms with E-state index >= 15 is 0 Å². The van der Waals surface area contributed by atoms with Crippen molar-refractivity contribution in [2.75, 3.05) is 22.1 Å². The minimum Gasteiger partial charge on any atom is -0.358 e. The Hall–Kier alpha value is -4.90. The van der Waals surface area contributed by atoms with Crippen molar-refractivity contribution in [2.24, 2.45) is 0 Å². The molecule has 0 fully saturated rings. The summed E-state index contributed by atoms with van der Waals surface area (Å²) in [7, 11) is 1.97. The summed E-state index contributed by atoms with van der Waals surface area (Å²) in [5, 5.41) is 6.14. The number of hydroxylamine groups is 1. The molecule has 1 aliphatic rings. The van der Waals surface area contributed by atoms with Crippen LogP contribution in [0.2, 0.25) is 0 Å². The molecular weight excluding hydrogens is 762 g/mol. The Bertz CT molecular complexity index is 2220. The topological polar surface area (TPSA) is 40.3 Å². The molecular formula is C40H34N5OPt-. The minimum atomic E-state index is -0.00671. The molecule has 0 radical (unpaired) electrons. The molecule has 0 atom stereocenters. The summed E-state index contributed by atoms with van der Waals surface area (Å²) in [6, 6.07) is 49.5. The fraction of sp³-hybridized carbons (Fsp3) is 0.125.